The molecule has 5 heteroatoms. The fourth-order valence-electron chi connectivity index (χ4n) is 3.14. The highest BCUT2D eigenvalue weighted by Gasteiger charge is 2.25. The summed E-state index contributed by atoms with van der Waals surface area (Å²) in [5.41, 5.74) is 0. The van der Waals surface area contributed by atoms with Gasteiger partial charge in [-0.3, -0.25) is 0 Å². The van der Waals surface area contributed by atoms with Gasteiger partial charge in [-0.25, -0.2) is 0 Å². The van der Waals surface area contributed by atoms with Gasteiger partial charge in [-0.1, -0.05) is 6.42 Å². The van der Waals surface area contributed by atoms with E-state index in [-0.39, 0.29) is 6.10 Å². The van der Waals surface area contributed by atoms with E-state index in [4.69, 9.17) is 0 Å². The number of likely N-dealkylation sites (tertiary alicyclic amines) is 1. The minimum Gasteiger partial charge on any atom is -0.393 e. The van der Waals surface area contributed by atoms with Gasteiger partial charge in [0.15, 0.2) is 0 Å². The third-order valence-corrected chi connectivity index (χ3v) is 4.35. The minimum atomic E-state index is -0.230. The number of aliphatic hydroxyl groups is 1. The minimum absolute atomic E-state index is 0.230. The number of hydrogen-bond acceptors (Lipinski definition) is 4. The topological polar surface area (TPSA) is 54.2 Å². The summed E-state index contributed by atoms with van der Waals surface area (Å²) in [6.45, 7) is 2.07. The molecule has 0 spiro atoms. The van der Waals surface area contributed by atoms with Crippen molar-refractivity contribution in [1.29, 1.82) is 0 Å². The molecule has 0 radical (unpaired) electrons. The molecule has 2 aliphatic heterocycles. The molecule has 2 atom stereocenters. The Labute approximate surface area is 108 Å². The van der Waals surface area contributed by atoms with Crippen molar-refractivity contribution in [2.24, 2.45) is 0 Å². The van der Waals surface area contributed by atoms with Gasteiger partial charge in [0, 0.05) is 25.4 Å². The number of fused-ring (bicyclic) bond motifs is 1. The molecular formula is C13H22N4O. The van der Waals surface area contributed by atoms with Crippen molar-refractivity contribution >= 4 is 0 Å². The van der Waals surface area contributed by atoms with Crippen LogP contribution >= 0.6 is 0 Å². The molecule has 100 valence electrons. The van der Waals surface area contributed by atoms with Crippen LogP contribution in [0.15, 0.2) is 0 Å². The Morgan fingerprint density at radius 2 is 2.11 bits per heavy atom. The van der Waals surface area contributed by atoms with Crippen LogP contribution in [0.1, 0.15) is 37.3 Å². The largest absolute Gasteiger partial charge is 0.393 e. The van der Waals surface area contributed by atoms with Gasteiger partial charge < -0.3 is 14.6 Å². The predicted molar refractivity (Wildman–Crippen MR) is 68.3 cm³/mol. The van der Waals surface area contributed by atoms with Crippen LogP contribution < -0.4 is 0 Å². The number of nitrogens with zero attached hydrogens (tertiary/aromatic N) is 4. The molecule has 1 fully saturated rings. The van der Waals surface area contributed by atoms with Crippen LogP contribution in [0.2, 0.25) is 0 Å². The van der Waals surface area contributed by atoms with Crippen molar-refractivity contribution in [3.05, 3.63) is 11.6 Å². The number of aromatic nitrogens is 3. The molecule has 0 saturated carbocycles. The Bertz CT molecular complexity index is 417. The number of likely N-dealkylation sites (N-methyl/N-ethyl adjacent to an activating group) is 1. The summed E-state index contributed by atoms with van der Waals surface area (Å²) in [7, 11) is 2.21. The molecule has 2 aliphatic rings. The van der Waals surface area contributed by atoms with E-state index >= 15 is 0 Å². The molecule has 1 saturated heterocycles. The fraction of sp³-hybridized carbons (Fsp3) is 0.846. The van der Waals surface area contributed by atoms with E-state index in [1.54, 1.807) is 0 Å². The third kappa shape index (κ3) is 2.29. The highest BCUT2D eigenvalue weighted by atomic mass is 16.3. The average molecular weight is 250 g/mol. The van der Waals surface area contributed by atoms with E-state index in [9.17, 15) is 5.11 Å². The summed E-state index contributed by atoms with van der Waals surface area (Å²) in [6, 6.07) is 0.610. The lowest BCUT2D eigenvalue weighted by molar-refractivity contribution is 0.139. The first-order valence-electron chi connectivity index (χ1n) is 7.03. The lowest BCUT2D eigenvalue weighted by Crippen LogP contribution is -2.38. The zero-order valence-corrected chi connectivity index (χ0v) is 11.0. The van der Waals surface area contributed by atoms with Crippen molar-refractivity contribution in [2.45, 2.75) is 57.2 Å². The summed E-state index contributed by atoms with van der Waals surface area (Å²) >= 11 is 0. The van der Waals surface area contributed by atoms with Crippen LogP contribution in [-0.4, -0.2) is 50.5 Å². The van der Waals surface area contributed by atoms with E-state index in [2.05, 4.69) is 26.7 Å². The summed E-state index contributed by atoms with van der Waals surface area (Å²) < 4.78 is 2.22. The zero-order chi connectivity index (χ0) is 12.5. The molecule has 3 heterocycles. The van der Waals surface area contributed by atoms with Gasteiger partial charge in [0.2, 0.25) is 0 Å². The van der Waals surface area contributed by atoms with Crippen molar-refractivity contribution < 1.29 is 5.11 Å². The Balaban J connectivity index is 1.73. The van der Waals surface area contributed by atoms with Crippen molar-refractivity contribution in [3.8, 4) is 0 Å². The Hall–Kier alpha value is -0.940. The highest BCUT2D eigenvalue weighted by Crippen LogP contribution is 2.21. The lowest BCUT2D eigenvalue weighted by atomic mass is 9.99. The predicted octanol–water partition coefficient (Wildman–Crippen LogP) is 0.612. The lowest BCUT2D eigenvalue weighted by Gasteiger charge is -2.32. The highest BCUT2D eigenvalue weighted by molar-refractivity contribution is 5.02. The molecule has 0 aromatic carbocycles. The first-order chi connectivity index (χ1) is 8.74. The zero-order valence-electron chi connectivity index (χ0n) is 11.0. The maximum Gasteiger partial charge on any atom is 0.135 e. The normalized spacial score (nSPS) is 29.2. The maximum atomic E-state index is 9.64. The first kappa shape index (κ1) is 12.1. The van der Waals surface area contributed by atoms with Gasteiger partial charge in [0.25, 0.3) is 0 Å². The van der Waals surface area contributed by atoms with E-state index in [1.165, 1.54) is 25.8 Å². The molecule has 1 aromatic rings. The van der Waals surface area contributed by atoms with E-state index < -0.39 is 0 Å². The van der Waals surface area contributed by atoms with Crippen molar-refractivity contribution in [2.75, 3.05) is 13.6 Å². The molecule has 18 heavy (non-hydrogen) atoms. The van der Waals surface area contributed by atoms with Crippen LogP contribution in [0.25, 0.3) is 0 Å². The van der Waals surface area contributed by atoms with Gasteiger partial charge >= 0.3 is 0 Å². The summed E-state index contributed by atoms with van der Waals surface area (Å²) in [6.07, 6.45) is 6.17. The molecular weight excluding hydrogens is 228 g/mol. The molecule has 0 aliphatic carbocycles. The smallest absolute Gasteiger partial charge is 0.135 e. The fourth-order valence-corrected chi connectivity index (χ4v) is 3.14. The first-order valence-corrected chi connectivity index (χ1v) is 7.03. The number of hydrogen-bond donors (Lipinski definition) is 1. The van der Waals surface area contributed by atoms with Crippen LogP contribution in [0.5, 0.6) is 0 Å². The average Bonchev–Trinajstić information content (AvgIpc) is 2.74. The molecule has 1 N–H and O–H groups in total. The van der Waals surface area contributed by atoms with E-state index in [0.29, 0.717) is 12.5 Å². The van der Waals surface area contributed by atoms with Gasteiger partial charge in [-0.05, 0) is 32.9 Å². The van der Waals surface area contributed by atoms with Crippen LogP contribution in [0.3, 0.4) is 0 Å². The number of rotatable bonds is 2. The summed E-state index contributed by atoms with van der Waals surface area (Å²) in [4.78, 5) is 2.45. The second kappa shape index (κ2) is 4.97. The Morgan fingerprint density at radius 3 is 2.94 bits per heavy atom. The molecule has 5 nitrogen and oxygen atoms in total. The standard InChI is InChI=1S/C13H22N4O/c1-16-6-3-2-4-10(16)8-12-14-15-13-9-11(18)5-7-17(12)13/h10-11,18H,2-9H2,1H3. The quantitative estimate of drug-likeness (QED) is 0.835. The monoisotopic (exact) mass is 250 g/mol. The second-order valence-electron chi connectivity index (χ2n) is 5.67. The van der Waals surface area contributed by atoms with Crippen LogP contribution in [-0.2, 0) is 19.4 Å². The van der Waals surface area contributed by atoms with Gasteiger partial charge in [0.05, 0.1) is 6.10 Å². The summed E-state index contributed by atoms with van der Waals surface area (Å²) in [5, 5.41) is 18.2. The second-order valence-corrected chi connectivity index (χ2v) is 5.67. The van der Waals surface area contributed by atoms with Gasteiger partial charge in [-0.15, -0.1) is 10.2 Å². The number of piperidine rings is 1. The molecule has 0 bridgehead atoms. The molecule has 1 aromatic heterocycles. The summed E-state index contributed by atoms with van der Waals surface area (Å²) in [5.74, 6) is 2.07. The SMILES string of the molecule is CN1CCCCC1Cc1nnc2n1CCC(O)C2. The Kier molecular flexibility index (Phi) is 3.35. The van der Waals surface area contributed by atoms with Crippen molar-refractivity contribution in [3.63, 3.8) is 0 Å². The number of aliphatic hydroxyl groups excluding tert-OH is 1. The van der Waals surface area contributed by atoms with E-state index in [1.807, 2.05) is 0 Å². The molecule has 0 amide bonds. The molecule has 2 unspecified atom stereocenters. The maximum absolute atomic E-state index is 9.64. The van der Waals surface area contributed by atoms with Crippen LogP contribution in [0.4, 0.5) is 0 Å². The van der Waals surface area contributed by atoms with E-state index in [0.717, 1.165) is 31.0 Å². The molecule has 3 rings (SSSR count). The van der Waals surface area contributed by atoms with Crippen molar-refractivity contribution in [1.82, 2.24) is 19.7 Å². The Morgan fingerprint density at radius 1 is 1.22 bits per heavy atom. The third-order valence-electron chi connectivity index (χ3n) is 4.35. The van der Waals surface area contributed by atoms with Crippen LogP contribution in [0, 0.1) is 0 Å². The van der Waals surface area contributed by atoms with Gasteiger partial charge in [0.1, 0.15) is 11.6 Å². The van der Waals surface area contributed by atoms with Gasteiger partial charge in [-0.2, -0.15) is 0 Å².